The van der Waals surface area contributed by atoms with Crippen molar-refractivity contribution < 1.29 is 9.32 Å². The van der Waals surface area contributed by atoms with Gasteiger partial charge in [-0.1, -0.05) is 35.5 Å². The topological polar surface area (TPSA) is 63.6 Å². The first-order valence-electron chi connectivity index (χ1n) is 9.47. The summed E-state index contributed by atoms with van der Waals surface area (Å²) in [4.78, 5) is 19.7. The SMILES string of the molecule is Cc1cc(C2CCCN2C(=O)c2ccc3nc(-c4ccccc4)cn3c2)on1. The molecule has 0 radical (unpaired) electrons. The van der Waals surface area contributed by atoms with Crippen LogP contribution >= 0.6 is 0 Å². The molecule has 1 unspecified atom stereocenters. The molecule has 4 heterocycles. The third-order valence-electron chi connectivity index (χ3n) is 5.26. The Balaban J connectivity index is 1.46. The first-order chi connectivity index (χ1) is 13.7. The average Bonchev–Trinajstić information content (AvgIpc) is 3.46. The van der Waals surface area contributed by atoms with Crippen molar-refractivity contribution in [2.24, 2.45) is 0 Å². The molecule has 0 aliphatic carbocycles. The molecule has 5 rings (SSSR count). The lowest BCUT2D eigenvalue weighted by Crippen LogP contribution is -2.30. The number of likely N-dealkylation sites (tertiary alicyclic amines) is 1. The van der Waals surface area contributed by atoms with Crippen molar-refractivity contribution >= 4 is 11.6 Å². The Hall–Kier alpha value is -3.41. The van der Waals surface area contributed by atoms with Crippen LogP contribution in [-0.4, -0.2) is 31.9 Å². The fourth-order valence-electron chi connectivity index (χ4n) is 3.88. The maximum absolute atomic E-state index is 13.2. The molecule has 1 aliphatic rings. The fourth-order valence-corrected chi connectivity index (χ4v) is 3.88. The molecule has 1 fully saturated rings. The van der Waals surface area contributed by atoms with Crippen LogP contribution in [-0.2, 0) is 0 Å². The number of benzene rings is 1. The van der Waals surface area contributed by atoms with E-state index in [0.717, 1.165) is 47.7 Å². The van der Waals surface area contributed by atoms with E-state index in [9.17, 15) is 4.79 Å². The molecular formula is C22H20N4O2. The Morgan fingerprint density at radius 1 is 1.14 bits per heavy atom. The number of hydrogen-bond acceptors (Lipinski definition) is 4. The Bertz CT molecular complexity index is 1150. The molecule has 1 amide bonds. The van der Waals surface area contributed by atoms with Gasteiger partial charge < -0.3 is 13.8 Å². The normalized spacial score (nSPS) is 16.8. The second-order valence-electron chi connectivity index (χ2n) is 7.20. The Kier molecular flexibility index (Phi) is 3.97. The second kappa shape index (κ2) is 6.64. The van der Waals surface area contributed by atoms with Crippen LogP contribution in [0, 0.1) is 6.92 Å². The van der Waals surface area contributed by atoms with E-state index in [0.29, 0.717) is 5.56 Å². The van der Waals surface area contributed by atoms with E-state index < -0.39 is 0 Å². The first kappa shape index (κ1) is 16.7. The maximum atomic E-state index is 13.2. The summed E-state index contributed by atoms with van der Waals surface area (Å²) in [6.45, 7) is 2.62. The predicted molar refractivity (Wildman–Crippen MR) is 105 cm³/mol. The molecule has 0 bridgehead atoms. The van der Waals surface area contributed by atoms with Gasteiger partial charge in [0.25, 0.3) is 5.91 Å². The van der Waals surface area contributed by atoms with Gasteiger partial charge in [0.05, 0.1) is 23.0 Å². The number of aromatic nitrogens is 3. The van der Waals surface area contributed by atoms with Gasteiger partial charge in [-0.05, 0) is 31.9 Å². The number of hydrogen-bond donors (Lipinski definition) is 0. The molecule has 0 N–H and O–H groups in total. The smallest absolute Gasteiger partial charge is 0.255 e. The van der Waals surface area contributed by atoms with Gasteiger partial charge >= 0.3 is 0 Å². The van der Waals surface area contributed by atoms with E-state index >= 15 is 0 Å². The lowest BCUT2D eigenvalue weighted by Gasteiger charge is -2.22. The molecule has 140 valence electrons. The van der Waals surface area contributed by atoms with E-state index in [1.54, 1.807) is 0 Å². The Labute approximate surface area is 162 Å². The van der Waals surface area contributed by atoms with Crippen molar-refractivity contribution in [3.8, 4) is 11.3 Å². The minimum Gasteiger partial charge on any atom is -0.359 e. The van der Waals surface area contributed by atoms with Crippen molar-refractivity contribution in [1.29, 1.82) is 0 Å². The second-order valence-corrected chi connectivity index (χ2v) is 7.20. The molecule has 4 aromatic rings. The highest BCUT2D eigenvalue weighted by Gasteiger charge is 2.33. The molecule has 28 heavy (non-hydrogen) atoms. The van der Waals surface area contributed by atoms with Crippen LogP contribution in [0.15, 0.2) is 65.4 Å². The summed E-state index contributed by atoms with van der Waals surface area (Å²) in [5, 5.41) is 3.97. The molecule has 6 heteroatoms. The summed E-state index contributed by atoms with van der Waals surface area (Å²) in [5.41, 5.74) is 4.25. The van der Waals surface area contributed by atoms with Crippen LogP contribution in [0.1, 0.15) is 40.7 Å². The van der Waals surface area contributed by atoms with E-state index in [2.05, 4.69) is 10.1 Å². The zero-order valence-corrected chi connectivity index (χ0v) is 15.6. The summed E-state index contributed by atoms with van der Waals surface area (Å²) in [7, 11) is 0. The summed E-state index contributed by atoms with van der Waals surface area (Å²) < 4.78 is 7.34. The van der Waals surface area contributed by atoms with Crippen molar-refractivity contribution in [3.63, 3.8) is 0 Å². The van der Waals surface area contributed by atoms with Crippen molar-refractivity contribution in [2.75, 3.05) is 6.54 Å². The summed E-state index contributed by atoms with van der Waals surface area (Å²) in [5.74, 6) is 0.770. The molecule has 1 aromatic carbocycles. The number of imidazole rings is 1. The monoisotopic (exact) mass is 372 g/mol. The molecular weight excluding hydrogens is 352 g/mol. The quantitative estimate of drug-likeness (QED) is 0.539. The highest BCUT2D eigenvalue weighted by molar-refractivity contribution is 5.94. The molecule has 1 atom stereocenters. The average molecular weight is 372 g/mol. The van der Waals surface area contributed by atoms with Crippen LogP contribution in [0.2, 0.25) is 0 Å². The summed E-state index contributed by atoms with van der Waals surface area (Å²) >= 11 is 0. The first-order valence-corrected chi connectivity index (χ1v) is 9.47. The van der Waals surface area contributed by atoms with Gasteiger partial charge in [-0.15, -0.1) is 0 Å². The molecule has 6 nitrogen and oxygen atoms in total. The number of pyridine rings is 1. The Morgan fingerprint density at radius 2 is 2.00 bits per heavy atom. The minimum atomic E-state index is -0.0490. The Morgan fingerprint density at radius 3 is 2.79 bits per heavy atom. The van der Waals surface area contributed by atoms with Crippen molar-refractivity contribution in [1.82, 2.24) is 19.4 Å². The van der Waals surface area contributed by atoms with E-state index in [4.69, 9.17) is 4.52 Å². The van der Waals surface area contributed by atoms with Gasteiger partial charge in [0, 0.05) is 30.6 Å². The van der Waals surface area contributed by atoms with Gasteiger partial charge in [-0.2, -0.15) is 0 Å². The lowest BCUT2D eigenvalue weighted by atomic mass is 10.1. The van der Waals surface area contributed by atoms with E-state index in [1.807, 2.05) is 77.1 Å². The van der Waals surface area contributed by atoms with Crippen LogP contribution in [0.4, 0.5) is 0 Å². The van der Waals surface area contributed by atoms with Crippen molar-refractivity contribution in [2.45, 2.75) is 25.8 Å². The van der Waals surface area contributed by atoms with Crippen LogP contribution in [0.5, 0.6) is 0 Å². The lowest BCUT2D eigenvalue weighted by molar-refractivity contribution is 0.0714. The number of carbonyl (C=O) groups is 1. The van der Waals surface area contributed by atoms with Gasteiger partial charge in [-0.25, -0.2) is 4.98 Å². The van der Waals surface area contributed by atoms with Crippen LogP contribution < -0.4 is 0 Å². The number of nitrogens with zero attached hydrogens (tertiary/aromatic N) is 4. The van der Waals surface area contributed by atoms with Gasteiger partial charge in [0.15, 0.2) is 5.76 Å². The highest BCUT2D eigenvalue weighted by atomic mass is 16.5. The number of aryl methyl sites for hydroxylation is 1. The standard InChI is InChI=1S/C22H20N4O2/c1-15-12-20(28-24-15)19-8-5-11-26(19)22(27)17-9-10-21-23-18(14-25(21)13-17)16-6-3-2-4-7-16/h2-4,6-7,9-10,12-14,19H,5,8,11H2,1H3. The molecule has 0 spiro atoms. The number of fused-ring (bicyclic) bond motifs is 1. The molecule has 1 saturated heterocycles. The minimum absolute atomic E-state index is 0.00779. The van der Waals surface area contributed by atoms with Crippen molar-refractivity contribution in [3.05, 3.63) is 77.9 Å². The summed E-state index contributed by atoms with van der Waals surface area (Å²) in [6, 6.07) is 15.6. The third kappa shape index (κ3) is 2.87. The largest absolute Gasteiger partial charge is 0.359 e. The van der Waals surface area contributed by atoms with Gasteiger partial charge in [0.2, 0.25) is 0 Å². The van der Waals surface area contributed by atoms with Crippen LogP contribution in [0.3, 0.4) is 0 Å². The maximum Gasteiger partial charge on any atom is 0.255 e. The predicted octanol–water partition coefficient (Wildman–Crippen LogP) is 4.28. The van der Waals surface area contributed by atoms with Crippen LogP contribution in [0.25, 0.3) is 16.9 Å². The van der Waals surface area contributed by atoms with E-state index in [-0.39, 0.29) is 11.9 Å². The molecule has 0 saturated carbocycles. The zero-order valence-electron chi connectivity index (χ0n) is 15.6. The zero-order chi connectivity index (χ0) is 19.1. The summed E-state index contributed by atoms with van der Waals surface area (Å²) in [6.07, 6.45) is 5.67. The molecule has 1 aliphatic heterocycles. The number of amides is 1. The van der Waals surface area contributed by atoms with E-state index in [1.165, 1.54) is 0 Å². The molecule has 3 aromatic heterocycles. The fraction of sp³-hybridized carbons (Fsp3) is 0.227. The third-order valence-corrected chi connectivity index (χ3v) is 5.26. The number of carbonyl (C=O) groups excluding carboxylic acids is 1. The number of rotatable bonds is 3. The highest BCUT2D eigenvalue weighted by Crippen LogP contribution is 2.33. The van der Waals surface area contributed by atoms with Gasteiger partial charge in [0.1, 0.15) is 5.65 Å². The van der Waals surface area contributed by atoms with Gasteiger partial charge in [-0.3, -0.25) is 4.79 Å².